The van der Waals surface area contributed by atoms with Crippen molar-refractivity contribution in [3.05, 3.63) is 66.1 Å². The first-order valence-electron chi connectivity index (χ1n) is 9.25. The molecule has 2 N–H and O–H groups in total. The maximum atomic E-state index is 13.4. The van der Waals surface area contributed by atoms with Gasteiger partial charge in [-0.05, 0) is 42.8 Å². The van der Waals surface area contributed by atoms with Gasteiger partial charge < -0.3 is 10.1 Å². The topological polar surface area (TPSA) is 85.2 Å². The highest BCUT2D eigenvalue weighted by molar-refractivity contribution is 6.05. The van der Waals surface area contributed by atoms with E-state index < -0.39 is 18.0 Å². The molecule has 0 spiro atoms. The minimum absolute atomic E-state index is 0.373. The maximum absolute atomic E-state index is 13.4. The van der Waals surface area contributed by atoms with Crippen LogP contribution in [0.1, 0.15) is 24.9 Å². The molecule has 3 aromatic rings. The van der Waals surface area contributed by atoms with E-state index in [9.17, 15) is 14.0 Å². The molecule has 3 amide bonds. The Bertz CT molecular complexity index is 1060. The minimum Gasteiger partial charge on any atom is -0.494 e. The zero-order valence-electron chi connectivity index (χ0n) is 15.7. The van der Waals surface area contributed by atoms with Crippen molar-refractivity contribution in [3.8, 4) is 22.7 Å². The molecule has 1 saturated heterocycles. The van der Waals surface area contributed by atoms with Crippen molar-refractivity contribution in [1.82, 2.24) is 20.4 Å². The number of aromatic nitrogens is 2. The number of rotatable bonds is 6. The van der Waals surface area contributed by atoms with E-state index in [0.717, 1.165) is 12.1 Å². The number of carbonyl (C=O) groups excluding carboxylic acids is 2. The van der Waals surface area contributed by atoms with Crippen LogP contribution in [-0.4, -0.2) is 28.3 Å². The Kier molecular flexibility index (Phi) is 4.99. The number of hydrogen-bond donors (Lipinski definition) is 2. The second-order valence-corrected chi connectivity index (χ2v) is 6.63. The summed E-state index contributed by atoms with van der Waals surface area (Å²) < 4.78 is 20.7. The Morgan fingerprint density at radius 3 is 2.66 bits per heavy atom. The second-order valence-electron chi connectivity index (χ2n) is 6.63. The van der Waals surface area contributed by atoms with E-state index in [-0.39, 0.29) is 5.82 Å². The fourth-order valence-electron chi connectivity index (χ4n) is 3.13. The molecule has 0 bridgehead atoms. The van der Waals surface area contributed by atoms with Gasteiger partial charge in [0.2, 0.25) is 0 Å². The van der Waals surface area contributed by atoms with Crippen molar-refractivity contribution < 1.29 is 18.7 Å². The highest BCUT2D eigenvalue weighted by Crippen LogP contribution is 2.30. The third-order valence-corrected chi connectivity index (χ3v) is 4.50. The average molecular weight is 394 g/mol. The number of imide groups is 1. The number of carbonyl (C=O) groups is 2. The summed E-state index contributed by atoms with van der Waals surface area (Å²) in [5, 5.41) is 9.44. The molecule has 4 rings (SSSR count). The zero-order chi connectivity index (χ0) is 20.4. The van der Waals surface area contributed by atoms with E-state index in [0.29, 0.717) is 29.2 Å². The number of ether oxygens (including phenoxy) is 1. The third kappa shape index (κ3) is 3.82. The third-order valence-electron chi connectivity index (χ3n) is 4.50. The van der Waals surface area contributed by atoms with E-state index >= 15 is 0 Å². The van der Waals surface area contributed by atoms with Crippen LogP contribution in [0.15, 0.2) is 54.7 Å². The molecule has 1 fully saturated rings. The van der Waals surface area contributed by atoms with Crippen molar-refractivity contribution in [2.45, 2.75) is 19.4 Å². The van der Waals surface area contributed by atoms with E-state index in [1.165, 1.54) is 12.1 Å². The van der Waals surface area contributed by atoms with Crippen LogP contribution >= 0.6 is 0 Å². The van der Waals surface area contributed by atoms with Gasteiger partial charge in [0.25, 0.3) is 5.91 Å². The molecule has 7 nitrogen and oxygen atoms in total. The molecule has 29 heavy (non-hydrogen) atoms. The number of nitrogens with zero attached hydrogens (tertiary/aromatic N) is 2. The SMILES string of the molecule is CCCOc1cccc(-n2cc(C3NC(=O)NC3=O)c(-c3ccc(F)cc3)n2)c1. The molecule has 2 heterocycles. The number of halogens is 1. The molecule has 1 atom stereocenters. The van der Waals surface area contributed by atoms with Crippen LogP contribution in [0.5, 0.6) is 5.75 Å². The number of amides is 3. The average Bonchev–Trinajstić information content (AvgIpc) is 3.30. The summed E-state index contributed by atoms with van der Waals surface area (Å²) in [6.07, 6.45) is 2.58. The molecule has 0 aliphatic carbocycles. The number of urea groups is 1. The molecule has 0 radical (unpaired) electrons. The van der Waals surface area contributed by atoms with Crippen molar-refractivity contribution >= 4 is 11.9 Å². The number of hydrogen-bond acceptors (Lipinski definition) is 4. The largest absolute Gasteiger partial charge is 0.494 e. The Balaban J connectivity index is 1.78. The van der Waals surface area contributed by atoms with Crippen LogP contribution in [0.4, 0.5) is 9.18 Å². The summed E-state index contributed by atoms with van der Waals surface area (Å²) in [7, 11) is 0. The Morgan fingerprint density at radius 2 is 1.97 bits per heavy atom. The summed E-state index contributed by atoms with van der Waals surface area (Å²) in [5.74, 6) is -0.128. The first-order valence-corrected chi connectivity index (χ1v) is 9.25. The van der Waals surface area contributed by atoms with Crippen LogP contribution in [0, 0.1) is 5.82 Å². The molecule has 8 heteroatoms. The molecule has 1 aliphatic rings. The summed E-state index contributed by atoms with van der Waals surface area (Å²) >= 11 is 0. The second kappa shape index (κ2) is 7.75. The lowest BCUT2D eigenvalue weighted by molar-refractivity contribution is -0.120. The number of benzene rings is 2. The van der Waals surface area contributed by atoms with Gasteiger partial charge in [-0.2, -0.15) is 5.10 Å². The molecule has 148 valence electrons. The highest BCUT2D eigenvalue weighted by atomic mass is 19.1. The molecule has 1 aliphatic heterocycles. The standard InChI is InChI=1S/C21H19FN4O3/c1-2-10-29-16-5-3-4-15(11-16)26-12-17(19-20(27)24-21(28)23-19)18(25-26)13-6-8-14(22)9-7-13/h3-9,11-12,19H,2,10H2,1H3,(H2,23,24,27,28). The lowest BCUT2D eigenvalue weighted by Gasteiger charge is -2.07. The van der Waals surface area contributed by atoms with Crippen molar-refractivity contribution in [3.63, 3.8) is 0 Å². The lowest BCUT2D eigenvalue weighted by atomic mass is 10.0. The Morgan fingerprint density at radius 1 is 1.17 bits per heavy atom. The minimum atomic E-state index is -0.879. The molecule has 2 aromatic carbocycles. The number of nitrogens with one attached hydrogen (secondary N) is 2. The highest BCUT2D eigenvalue weighted by Gasteiger charge is 2.34. The summed E-state index contributed by atoms with van der Waals surface area (Å²) in [6.45, 7) is 2.63. The normalized spacial score (nSPS) is 15.9. The predicted molar refractivity (Wildman–Crippen MR) is 104 cm³/mol. The van der Waals surface area contributed by atoms with Crippen molar-refractivity contribution in [1.29, 1.82) is 0 Å². The fraction of sp³-hybridized carbons (Fsp3) is 0.190. The van der Waals surface area contributed by atoms with Gasteiger partial charge in [-0.1, -0.05) is 13.0 Å². The zero-order valence-corrected chi connectivity index (χ0v) is 15.7. The van der Waals surface area contributed by atoms with Gasteiger partial charge in [-0.25, -0.2) is 13.9 Å². The van der Waals surface area contributed by atoms with Gasteiger partial charge >= 0.3 is 6.03 Å². The van der Waals surface area contributed by atoms with Gasteiger partial charge in [-0.15, -0.1) is 0 Å². The fourth-order valence-corrected chi connectivity index (χ4v) is 3.13. The molecule has 1 unspecified atom stereocenters. The van der Waals surface area contributed by atoms with Gasteiger partial charge in [0.1, 0.15) is 17.6 Å². The molecular weight excluding hydrogens is 375 g/mol. The Hall–Kier alpha value is -3.68. The smallest absolute Gasteiger partial charge is 0.322 e. The van der Waals surface area contributed by atoms with Gasteiger partial charge in [0.15, 0.2) is 0 Å². The lowest BCUT2D eigenvalue weighted by Crippen LogP contribution is -2.22. The summed E-state index contributed by atoms with van der Waals surface area (Å²) in [4.78, 5) is 23.8. The van der Waals surface area contributed by atoms with Gasteiger partial charge in [0, 0.05) is 23.4 Å². The summed E-state index contributed by atoms with van der Waals surface area (Å²) in [5.41, 5.74) is 2.36. The molecule has 0 saturated carbocycles. The quantitative estimate of drug-likeness (QED) is 0.628. The first kappa shape index (κ1) is 18.7. The van der Waals surface area contributed by atoms with Gasteiger partial charge in [0.05, 0.1) is 18.0 Å². The van der Waals surface area contributed by atoms with Crippen LogP contribution in [-0.2, 0) is 4.79 Å². The maximum Gasteiger partial charge on any atom is 0.322 e. The van der Waals surface area contributed by atoms with Crippen molar-refractivity contribution in [2.75, 3.05) is 6.61 Å². The van der Waals surface area contributed by atoms with E-state index in [1.807, 2.05) is 31.2 Å². The van der Waals surface area contributed by atoms with Gasteiger partial charge in [-0.3, -0.25) is 10.1 Å². The van der Waals surface area contributed by atoms with E-state index in [4.69, 9.17) is 4.74 Å². The van der Waals surface area contributed by atoms with E-state index in [2.05, 4.69) is 15.7 Å². The van der Waals surface area contributed by atoms with Crippen molar-refractivity contribution in [2.24, 2.45) is 0 Å². The summed E-state index contributed by atoms with van der Waals surface area (Å²) in [6, 6.07) is 11.8. The molecule has 1 aromatic heterocycles. The predicted octanol–water partition coefficient (Wildman–Crippen LogP) is 3.35. The monoisotopic (exact) mass is 394 g/mol. The van der Waals surface area contributed by atoms with Crippen LogP contribution < -0.4 is 15.4 Å². The molecular formula is C21H19FN4O3. The van der Waals surface area contributed by atoms with Crippen LogP contribution in [0.2, 0.25) is 0 Å². The Labute approximate surface area is 166 Å². The van der Waals surface area contributed by atoms with Crippen LogP contribution in [0.25, 0.3) is 16.9 Å². The first-order chi connectivity index (χ1) is 14.0. The van der Waals surface area contributed by atoms with Crippen LogP contribution in [0.3, 0.4) is 0 Å². The van der Waals surface area contributed by atoms with E-state index in [1.54, 1.807) is 23.0 Å².